The quantitative estimate of drug-likeness (QED) is 0.642. The Bertz CT molecular complexity index is 830. The smallest absolute Gasteiger partial charge is 0.243 e. The van der Waals surface area contributed by atoms with Crippen molar-refractivity contribution < 1.29 is 18.0 Å². The molecule has 29 heavy (non-hydrogen) atoms. The second-order valence-electron chi connectivity index (χ2n) is 7.72. The highest BCUT2D eigenvalue weighted by atomic mass is 32.2. The van der Waals surface area contributed by atoms with E-state index in [0.717, 1.165) is 24.0 Å². The van der Waals surface area contributed by atoms with Crippen LogP contribution in [-0.4, -0.2) is 74.1 Å². The molecule has 8 heteroatoms. The van der Waals surface area contributed by atoms with E-state index in [4.69, 9.17) is 0 Å². The minimum absolute atomic E-state index is 0.0251. The highest BCUT2D eigenvalue weighted by molar-refractivity contribution is 7.89. The largest absolute Gasteiger partial charge is 0.346 e. The monoisotopic (exact) mass is 423 g/mol. The first-order valence-corrected chi connectivity index (χ1v) is 11.7. The van der Waals surface area contributed by atoms with Crippen LogP contribution in [-0.2, 0) is 19.6 Å². The number of rotatable bonds is 8. The number of sulfonamides is 1. The summed E-state index contributed by atoms with van der Waals surface area (Å²) < 4.78 is 27.4. The fraction of sp³-hybridized carbons (Fsp3) is 0.619. The Morgan fingerprint density at radius 3 is 2.34 bits per heavy atom. The summed E-state index contributed by atoms with van der Waals surface area (Å²) in [7, 11) is -1.81. The second kappa shape index (κ2) is 10.2. The number of unbranched alkanes of at least 4 members (excludes halogenated alkanes) is 1. The first-order valence-electron chi connectivity index (χ1n) is 10.3. The van der Waals surface area contributed by atoms with Crippen molar-refractivity contribution in [3.05, 3.63) is 29.3 Å². The zero-order valence-corrected chi connectivity index (χ0v) is 18.8. The summed E-state index contributed by atoms with van der Waals surface area (Å²) in [5, 5.41) is 0. The Morgan fingerprint density at radius 1 is 1.07 bits per heavy atom. The first kappa shape index (κ1) is 23.3. The van der Waals surface area contributed by atoms with Gasteiger partial charge in [0.25, 0.3) is 0 Å². The van der Waals surface area contributed by atoms with Crippen LogP contribution in [0.25, 0.3) is 0 Å². The molecule has 1 aromatic carbocycles. The van der Waals surface area contributed by atoms with Crippen molar-refractivity contribution in [1.29, 1.82) is 0 Å². The zero-order chi connectivity index (χ0) is 21.6. The van der Waals surface area contributed by atoms with Crippen LogP contribution in [0.3, 0.4) is 0 Å². The number of carbonyl (C=O) groups excluding carboxylic acids is 2. The van der Waals surface area contributed by atoms with Gasteiger partial charge in [-0.15, -0.1) is 0 Å². The Labute approximate surface area is 174 Å². The van der Waals surface area contributed by atoms with Crippen LogP contribution in [0.1, 0.15) is 43.7 Å². The van der Waals surface area contributed by atoms with Crippen LogP contribution in [0.5, 0.6) is 0 Å². The van der Waals surface area contributed by atoms with Crippen molar-refractivity contribution in [2.24, 2.45) is 0 Å². The predicted octanol–water partition coefficient (Wildman–Crippen LogP) is 2.18. The van der Waals surface area contributed by atoms with Crippen LogP contribution in [0, 0.1) is 13.8 Å². The van der Waals surface area contributed by atoms with Crippen molar-refractivity contribution in [3.8, 4) is 0 Å². The van der Waals surface area contributed by atoms with Crippen molar-refractivity contribution in [1.82, 2.24) is 14.1 Å². The summed E-state index contributed by atoms with van der Waals surface area (Å²) in [4.78, 5) is 28.2. The second-order valence-corrected chi connectivity index (χ2v) is 9.63. The van der Waals surface area contributed by atoms with Crippen LogP contribution in [0.2, 0.25) is 0 Å². The standard InChI is InChI=1S/C21H33N3O4S/c1-5-6-11-22(4)20(25)9-10-21(26)23-12-14-24(15-13-23)29(27,28)19-16-17(2)7-8-18(19)3/h7-8,16H,5-6,9-15H2,1-4H3. The molecule has 0 atom stereocenters. The number of piperazine rings is 1. The third kappa shape index (κ3) is 6.02. The van der Waals surface area contributed by atoms with Crippen molar-refractivity contribution in [2.75, 3.05) is 39.8 Å². The summed E-state index contributed by atoms with van der Waals surface area (Å²) in [5.74, 6) is -0.117. The van der Waals surface area contributed by atoms with Gasteiger partial charge in [-0.3, -0.25) is 9.59 Å². The Hall–Kier alpha value is -1.93. The van der Waals surface area contributed by atoms with E-state index < -0.39 is 10.0 Å². The minimum Gasteiger partial charge on any atom is -0.346 e. The van der Waals surface area contributed by atoms with E-state index in [1.807, 2.05) is 19.1 Å². The number of hydrogen-bond donors (Lipinski definition) is 0. The molecule has 1 aliphatic heterocycles. The molecule has 0 aliphatic carbocycles. The number of nitrogens with zero attached hydrogens (tertiary/aromatic N) is 3. The summed E-state index contributed by atoms with van der Waals surface area (Å²) in [6.45, 7) is 7.68. The van der Waals surface area contributed by atoms with E-state index in [9.17, 15) is 18.0 Å². The average Bonchev–Trinajstić information content (AvgIpc) is 2.71. The number of carbonyl (C=O) groups is 2. The van der Waals surface area contributed by atoms with Crippen molar-refractivity contribution in [2.45, 2.75) is 51.3 Å². The van der Waals surface area contributed by atoms with Gasteiger partial charge in [0, 0.05) is 52.6 Å². The van der Waals surface area contributed by atoms with E-state index >= 15 is 0 Å². The molecule has 0 spiro atoms. The maximum absolute atomic E-state index is 13.0. The molecular formula is C21H33N3O4S. The van der Waals surface area contributed by atoms with Crippen molar-refractivity contribution in [3.63, 3.8) is 0 Å². The van der Waals surface area contributed by atoms with E-state index in [0.29, 0.717) is 24.5 Å². The van der Waals surface area contributed by atoms with E-state index in [1.165, 1.54) is 4.31 Å². The molecule has 0 bridgehead atoms. The highest BCUT2D eigenvalue weighted by Gasteiger charge is 2.31. The summed E-state index contributed by atoms with van der Waals surface area (Å²) in [6.07, 6.45) is 2.33. The molecule has 0 radical (unpaired) electrons. The molecule has 0 aromatic heterocycles. The van der Waals surface area contributed by atoms with Gasteiger partial charge in [0.05, 0.1) is 4.90 Å². The van der Waals surface area contributed by atoms with Gasteiger partial charge >= 0.3 is 0 Å². The van der Waals surface area contributed by atoms with Crippen LogP contribution in [0.4, 0.5) is 0 Å². The fourth-order valence-corrected chi connectivity index (χ4v) is 5.12. The number of benzene rings is 1. The topological polar surface area (TPSA) is 78.0 Å². The molecule has 7 nitrogen and oxygen atoms in total. The van der Waals surface area contributed by atoms with Gasteiger partial charge in [-0.2, -0.15) is 4.31 Å². The summed E-state index contributed by atoms with van der Waals surface area (Å²) in [5.41, 5.74) is 1.62. The molecule has 1 aliphatic rings. The SMILES string of the molecule is CCCCN(C)C(=O)CCC(=O)N1CCN(S(=O)(=O)c2cc(C)ccc2C)CC1. The van der Waals surface area contributed by atoms with Gasteiger partial charge in [0.1, 0.15) is 0 Å². The molecule has 2 rings (SSSR count). The molecule has 2 amide bonds. The molecule has 0 N–H and O–H groups in total. The molecule has 1 fully saturated rings. The molecule has 0 unspecified atom stereocenters. The fourth-order valence-electron chi connectivity index (χ4n) is 3.38. The van der Waals surface area contributed by atoms with Crippen LogP contribution < -0.4 is 0 Å². The molecular weight excluding hydrogens is 390 g/mol. The van der Waals surface area contributed by atoms with E-state index in [2.05, 4.69) is 6.92 Å². The van der Waals surface area contributed by atoms with Gasteiger partial charge in [-0.05, 0) is 37.5 Å². The lowest BCUT2D eigenvalue weighted by atomic mass is 10.2. The highest BCUT2D eigenvalue weighted by Crippen LogP contribution is 2.22. The summed E-state index contributed by atoms with van der Waals surface area (Å²) in [6, 6.07) is 5.41. The summed E-state index contributed by atoms with van der Waals surface area (Å²) >= 11 is 0. The lowest BCUT2D eigenvalue weighted by molar-refractivity contribution is -0.137. The van der Waals surface area contributed by atoms with Crippen LogP contribution in [0.15, 0.2) is 23.1 Å². The first-order chi connectivity index (χ1) is 13.7. The molecule has 1 saturated heterocycles. The molecule has 162 valence electrons. The maximum atomic E-state index is 13.0. The Kier molecular flexibility index (Phi) is 8.22. The van der Waals surface area contributed by atoms with Crippen LogP contribution >= 0.6 is 0 Å². The normalized spacial score (nSPS) is 15.4. The Morgan fingerprint density at radius 2 is 1.72 bits per heavy atom. The number of hydrogen-bond acceptors (Lipinski definition) is 4. The van der Waals surface area contributed by atoms with Gasteiger partial charge in [0.15, 0.2) is 0 Å². The third-order valence-electron chi connectivity index (χ3n) is 5.38. The van der Waals surface area contributed by atoms with E-state index in [1.54, 1.807) is 29.8 Å². The number of amides is 2. The van der Waals surface area contributed by atoms with Gasteiger partial charge in [-0.25, -0.2) is 8.42 Å². The maximum Gasteiger partial charge on any atom is 0.243 e. The van der Waals surface area contributed by atoms with Gasteiger partial charge < -0.3 is 9.80 Å². The van der Waals surface area contributed by atoms with Gasteiger partial charge in [-0.1, -0.05) is 25.5 Å². The lowest BCUT2D eigenvalue weighted by Crippen LogP contribution is -2.50. The van der Waals surface area contributed by atoms with Crippen molar-refractivity contribution >= 4 is 21.8 Å². The molecule has 1 aromatic rings. The Balaban J connectivity index is 1.89. The lowest BCUT2D eigenvalue weighted by Gasteiger charge is -2.34. The average molecular weight is 424 g/mol. The third-order valence-corrected chi connectivity index (χ3v) is 7.42. The molecule has 1 heterocycles. The van der Waals surface area contributed by atoms with Gasteiger partial charge in [0.2, 0.25) is 21.8 Å². The molecule has 0 saturated carbocycles. The number of aryl methyl sites for hydroxylation is 2. The zero-order valence-electron chi connectivity index (χ0n) is 18.0. The predicted molar refractivity (Wildman–Crippen MR) is 113 cm³/mol. The minimum atomic E-state index is -3.58. The van der Waals surface area contributed by atoms with E-state index in [-0.39, 0.29) is 37.7 Å².